The maximum atomic E-state index is 10.9. The van der Waals surface area contributed by atoms with Gasteiger partial charge in [-0.2, -0.15) is 0 Å². The van der Waals surface area contributed by atoms with E-state index in [1.54, 1.807) is 6.92 Å². The number of ether oxygens (including phenoxy) is 1. The number of hydrogen-bond donors (Lipinski definition) is 1. The second-order valence-electron chi connectivity index (χ2n) is 3.44. The Morgan fingerprint density at radius 2 is 1.43 bits per heavy atom. The minimum absolute atomic E-state index is 0. The van der Waals surface area contributed by atoms with Crippen molar-refractivity contribution in [3.63, 3.8) is 0 Å². The van der Waals surface area contributed by atoms with E-state index in [0.29, 0.717) is 12.6 Å². The van der Waals surface area contributed by atoms with E-state index >= 15 is 0 Å². The van der Waals surface area contributed by atoms with Crippen LogP contribution in [0.3, 0.4) is 0 Å². The van der Waals surface area contributed by atoms with E-state index < -0.39 is 30.0 Å². The molecule has 0 saturated heterocycles. The first kappa shape index (κ1) is 24.1. The Labute approximate surface area is 167 Å². The normalized spacial score (nSPS) is 11.2. The number of benzene rings is 1. The maximum absolute atomic E-state index is 10.9. The Hall–Kier alpha value is 0.800. The molecular weight excluding hydrogens is 344 g/mol. The molecule has 1 rings (SSSR count). The molecule has 0 aliphatic heterocycles. The molecule has 21 heavy (non-hydrogen) atoms. The van der Waals surface area contributed by atoms with E-state index in [1.165, 1.54) is 0 Å². The van der Waals surface area contributed by atoms with Crippen LogP contribution >= 0.6 is 0 Å². The van der Waals surface area contributed by atoms with Crippen molar-refractivity contribution in [2.45, 2.75) is 16.7 Å². The summed E-state index contributed by atoms with van der Waals surface area (Å²) in [5, 5.41) is 2.74. The molecule has 0 fully saturated rings. The largest absolute Gasteiger partial charge is 1.00 e. The molecule has 0 bridgehead atoms. The Kier molecular flexibility index (Phi) is 11.3. The van der Waals surface area contributed by atoms with Gasteiger partial charge in [0.05, 0.1) is 9.79 Å². The Balaban J connectivity index is 0. The topological polar surface area (TPSA) is 136 Å². The summed E-state index contributed by atoms with van der Waals surface area (Å²) in [6.45, 7) is 2.32. The zero-order valence-corrected chi connectivity index (χ0v) is 17.5. The first-order valence-electron chi connectivity index (χ1n) is 5.05. The van der Waals surface area contributed by atoms with E-state index in [9.17, 15) is 25.9 Å². The summed E-state index contributed by atoms with van der Waals surface area (Å²) < 4.78 is 70.2. The number of nitrogens with one attached hydrogen (secondary N) is 1. The summed E-state index contributed by atoms with van der Waals surface area (Å²) in [5.41, 5.74) is 0. The van der Waals surface area contributed by atoms with Crippen LogP contribution in [-0.4, -0.2) is 39.2 Å². The fourth-order valence-corrected chi connectivity index (χ4v) is 2.29. The van der Waals surface area contributed by atoms with E-state index in [4.69, 9.17) is 4.74 Å². The fourth-order valence-electron chi connectivity index (χ4n) is 1.15. The fraction of sp³-hybridized carbons (Fsp3) is 0.333. The first-order chi connectivity index (χ1) is 8.64. The van der Waals surface area contributed by atoms with Gasteiger partial charge in [-0.05, 0) is 24.7 Å². The molecular formula is C9H11NNa2O7S2. The molecule has 108 valence electrons. The Morgan fingerprint density at radius 1 is 1.00 bits per heavy atom. The average Bonchev–Trinajstić information content (AvgIpc) is 2.27. The molecule has 0 unspecified atom stereocenters. The van der Waals surface area contributed by atoms with Gasteiger partial charge in [0.2, 0.25) is 0 Å². The van der Waals surface area contributed by atoms with Crippen LogP contribution in [0.2, 0.25) is 0 Å². The minimum atomic E-state index is -4.89. The van der Waals surface area contributed by atoms with E-state index in [1.807, 2.05) is 0 Å². The summed E-state index contributed by atoms with van der Waals surface area (Å²) in [5.74, 6) is -0.202. The van der Waals surface area contributed by atoms with Crippen LogP contribution in [0, 0.1) is 0 Å². The predicted molar refractivity (Wildman–Crippen MR) is 61.5 cm³/mol. The van der Waals surface area contributed by atoms with Crippen molar-refractivity contribution in [3.8, 4) is 5.75 Å². The predicted octanol–water partition coefficient (Wildman–Crippen LogP) is -6.55. The van der Waals surface area contributed by atoms with Crippen molar-refractivity contribution < 1.29 is 89.8 Å². The molecule has 12 heteroatoms. The minimum Gasteiger partial charge on any atom is -0.744 e. The summed E-state index contributed by atoms with van der Waals surface area (Å²) in [6, 6.07) is 2.22. The van der Waals surface area contributed by atoms with Crippen molar-refractivity contribution >= 4 is 20.2 Å². The van der Waals surface area contributed by atoms with Gasteiger partial charge in [0.1, 0.15) is 32.7 Å². The average molecular weight is 355 g/mol. The van der Waals surface area contributed by atoms with Gasteiger partial charge in [-0.3, -0.25) is 5.32 Å². The van der Waals surface area contributed by atoms with E-state index in [0.717, 1.165) is 12.1 Å². The number of rotatable bonds is 6. The van der Waals surface area contributed by atoms with E-state index in [-0.39, 0.29) is 71.6 Å². The zero-order valence-electron chi connectivity index (χ0n) is 11.8. The van der Waals surface area contributed by atoms with Gasteiger partial charge in [0, 0.05) is 0 Å². The summed E-state index contributed by atoms with van der Waals surface area (Å²) >= 11 is 0. The van der Waals surface area contributed by atoms with Crippen molar-refractivity contribution in [1.29, 1.82) is 0 Å². The molecule has 1 N–H and O–H groups in total. The third-order valence-corrected chi connectivity index (χ3v) is 3.65. The van der Waals surface area contributed by atoms with Crippen molar-refractivity contribution in [2.75, 3.05) is 13.3 Å². The van der Waals surface area contributed by atoms with Crippen LogP contribution in [0.4, 0.5) is 0 Å². The van der Waals surface area contributed by atoms with Gasteiger partial charge >= 0.3 is 59.1 Å². The van der Waals surface area contributed by atoms with Crippen molar-refractivity contribution in [3.05, 3.63) is 18.2 Å². The summed E-state index contributed by atoms with van der Waals surface area (Å²) in [7, 11) is -9.78. The van der Waals surface area contributed by atoms with Crippen LogP contribution in [0.5, 0.6) is 5.75 Å². The summed E-state index contributed by atoms with van der Waals surface area (Å²) in [4.78, 5) is -1.67. The quantitative estimate of drug-likeness (QED) is 0.230. The van der Waals surface area contributed by atoms with Gasteiger partial charge in [0.25, 0.3) is 0 Å². The van der Waals surface area contributed by atoms with Gasteiger partial charge in [-0.1, -0.05) is 6.92 Å². The smallest absolute Gasteiger partial charge is 0.744 e. The molecule has 1 aromatic rings. The van der Waals surface area contributed by atoms with Crippen LogP contribution in [0.25, 0.3) is 0 Å². The molecule has 8 nitrogen and oxygen atoms in total. The molecule has 0 aliphatic rings. The Morgan fingerprint density at radius 3 is 1.76 bits per heavy atom. The second kappa shape index (κ2) is 9.83. The van der Waals surface area contributed by atoms with Crippen LogP contribution in [0.1, 0.15) is 6.92 Å². The van der Waals surface area contributed by atoms with Gasteiger partial charge in [0.15, 0.2) is 0 Å². The zero-order chi connectivity index (χ0) is 14.7. The summed E-state index contributed by atoms with van der Waals surface area (Å²) in [6.07, 6.45) is 0. The second-order valence-corrected chi connectivity index (χ2v) is 6.20. The monoisotopic (exact) mass is 355 g/mol. The molecule has 0 amide bonds. The maximum Gasteiger partial charge on any atom is 1.00 e. The molecule has 0 heterocycles. The SMILES string of the molecule is CCNCOc1cc(S(=O)(=O)[O-])cc(S(=O)(=O)[O-])c1.[Na+].[Na+]. The van der Waals surface area contributed by atoms with Gasteiger partial charge in [-0.15, -0.1) is 0 Å². The van der Waals surface area contributed by atoms with Gasteiger partial charge in [-0.25, -0.2) is 16.8 Å². The van der Waals surface area contributed by atoms with Crippen molar-refractivity contribution in [1.82, 2.24) is 5.32 Å². The molecule has 1 aromatic carbocycles. The molecule has 0 aliphatic carbocycles. The molecule has 0 atom stereocenters. The van der Waals surface area contributed by atoms with Gasteiger partial charge < -0.3 is 13.8 Å². The molecule has 0 radical (unpaired) electrons. The third kappa shape index (κ3) is 8.28. The number of hydrogen-bond acceptors (Lipinski definition) is 8. The van der Waals surface area contributed by atoms with Crippen LogP contribution in [-0.2, 0) is 20.2 Å². The molecule has 0 aromatic heterocycles. The van der Waals surface area contributed by atoms with Crippen LogP contribution < -0.4 is 69.2 Å². The third-order valence-electron chi connectivity index (χ3n) is 2.02. The Bertz CT molecular complexity index is 610. The van der Waals surface area contributed by atoms with Crippen LogP contribution in [0.15, 0.2) is 28.0 Å². The molecule has 0 spiro atoms. The van der Waals surface area contributed by atoms with Crippen molar-refractivity contribution in [2.24, 2.45) is 0 Å². The first-order valence-corrected chi connectivity index (χ1v) is 7.86. The standard InChI is InChI=1S/C9H13NO7S2.2Na/c1-2-10-6-17-7-3-8(18(11,12)13)5-9(4-7)19(14,15)16;;/h3-5,10H,2,6H2,1H3,(H,11,12,13)(H,14,15,16);;/q;2*+1/p-2. The molecule has 0 saturated carbocycles. The van der Waals surface area contributed by atoms with E-state index in [2.05, 4.69) is 5.32 Å².